The number of hydrogen-bond donors (Lipinski definition) is 1. The van der Waals surface area contributed by atoms with Crippen molar-refractivity contribution < 1.29 is 0 Å². The lowest BCUT2D eigenvalue weighted by Gasteiger charge is -2.16. The Balaban J connectivity index is 2.44. The maximum Gasteiger partial charge on any atom is -0.00203 e. The number of rotatable bonds is 8. The average Bonchev–Trinajstić information content (AvgIpc) is 2.32. The molecule has 0 amide bonds. The van der Waals surface area contributed by atoms with E-state index < -0.39 is 0 Å². The third-order valence-electron chi connectivity index (χ3n) is 3.35. The summed E-state index contributed by atoms with van der Waals surface area (Å²) in [6.45, 7) is 5.56. The van der Waals surface area contributed by atoms with Crippen LogP contribution in [0.15, 0.2) is 24.3 Å². The lowest BCUT2D eigenvalue weighted by atomic mass is 9.93. The number of unbranched alkanes of at least 4 members (excludes halogenated alkanes) is 2. The minimum atomic E-state index is 0.786. The first-order valence-electron chi connectivity index (χ1n) is 6.96. The Bertz CT molecular complexity index is 289. The van der Waals surface area contributed by atoms with Gasteiger partial charge in [-0.05, 0) is 44.8 Å². The zero-order valence-corrected chi connectivity index (χ0v) is 11.6. The van der Waals surface area contributed by atoms with Crippen LogP contribution in [0.25, 0.3) is 0 Å². The minimum absolute atomic E-state index is 0.786. The molecule has 0 radical (unpaired) electrons. The van der Waals surface area contributed by atoms with E-state index >= 15 is 0 Å². The third-order valence-corrected chi connectivity index (χ3v) is 3.35. The van der Waals surface area contributed by atoms with Gasteiger partial charge in [-0.3, -0.25) is 0 Å². The van der Waals surface area contributed by atoms with E-state index in [0.717, 1.165) is 12.5 Å². The van der Waals surface area contributed by atoms with Crippen LogP contribution >= 0.6 is 0 Å². The fraction of sp³-hybridized carbons (Fsp3) is 0.625. The van der Waals surface area contributed by atoms with Crippen molar-refractivity contribution in [3.63, 3.8) is 0 Å². The van der Waals surface area contributed by atoms with E-state index in [4.69, 9.17) is 0 Å². The summed E-state index contributed by atoms with van der Waals surface area (Å²) < 4.78 is 0. The summed E-state index contributed by atoms with van der Waals surface area (Å²) in [6.07, 6.45) is 6.62. The molecule has 1 nitrogen and oxygen atoms in total. The molecule has 1 aromatic carbocycles. The summed E-state index contributed by atoms with van der Waals surface area (Å²) in [4.78, 5) is 0. The highest BCUT2D eigenvalue weighted by atomic mass is 14.8. The van der Waals surface area contributed by atoms with E-state index in [9.17, 15) is 0 Å². The molecule has 0 aromatic heterocycles. The van der Waals surface area contributed by atoms with Gasteiger partial charge in [0.2, 0.25) is 0 Å². The fourth-order valence-electron chi connectivity index (χ4n) is 2.31. The van der Waals surface area contributed by atoms with Crippen LogP contribution < -0.4 is 5.32 Å². The second kappa shape index (κ2) is 8.30. The van der Waals surface area contributed by atoms with Crippen LogP contribution in [0.2, 0.25) is 0 Å². The van der Waals surface area contributed by atoms with Gasteiger partial charge in [-0.25, -0.2) is 0 Å². The zero-order chi connectivity index (χ0) is 12.5. The van der Waals surface area contributed by atoms with Crippen molar-refractivity contribution in [2.45, 2.75) is 46.0 Å². The highest BCUT2D eigenvalue weighted by molar-refractivity contribution is 5.21. The van der Waals surface area contributed by atoms with Crippen LogP contribution in [-0.4, -0.2) is 13.6 Å². The summed E-state index contributed by atoms with van der Waals surface area (Å²) in [7, 11) is 2.06. The molecule has 0 aliphatic carbocycles. The summed E-state index contributed by atoms with van der Waals surface area (Å²) >= 11 is 0. The predicted molar refractivity (Wildman–Crippen MR) is 76.4 cm³/mol. The molecule has 0 saturated carbocycles. The summed E-state index contributed by atoms with van der Waals surface area (Å²) in [5, 5.41) is 3.33. The molecular weight excluding hydrogens is 206 g/mol. The molecule has 0 saturated heterocycles. The van der Waals surface area contributed by atoms with Crippen LogP contribution in [0.1, 0.15) is 43.7 Å². The molecular formula is C16H27N. The van der Waals surface area contributed by atoms with Gasteiger partial charge in [-0.15, -0.1) is 0 Å². The van der Waals surface area contributed by atoms with Crippen molar-refractivity contribution in [2.24, 2.45) is 5.92 Å². The molecule has 1 heteroatoms. The Morgan fingerprint density at radius 2 is 1.82 bits per heavy atom. The molecule has 96 valence electrons. The Kier molecular flexibility index (Phi) is 6.95. The second-order valence-electron chi connectivity index (χ2n) is 5.11. The van der Waals surface area contributed by atoms with Gasteiger partial charge >= 0.3 is 0 Å². The first-order chi connectivity index (χ1) is 8.26. The van der Waals surface area contributed by atoms with E-state index in [1.807, 2.05) is 0 Å². The number of nitrogens with one attached hydrogen (secondary N) is 1. The summed E-state index contributed by atoms with van der Waals surface area (Å²) in [5.74, 6) is 0.786. The first kappa shape index (κ1) is 14.2. The van der Waals surface area contributed by atoms with Gasteiger partial charge in [0.25, 0.3) is 0 Å². The Hall–Kier alpha value is -0.820. The summed E-state index contributed by atoms with van der Waals surface area (Å²) in [6, 6.07) is 8.99. The van der Waals surface area contributed by atoms with E-state index in [1.54, 1.807) is 0 Å². The number of benzene rings is 1. The van der Waals surface area contributed by atoms with Crippen molar-refractivity contribution in [3.8, 4) is 0 Å². The molecule has 0 bridgehead atoms. The van der Waals surface area contributed by atoms with Crippen LogP contribution in [0.5, 0.6) is 0 Å². The quantitative estimate of drug-likeness (QED) is 0.670. The van der Waals surface area contributed by atoms with Gasteiger partial charge in [-0.2, -0.15) is 0 Å². The molecule has 1 N–H and O–H groups in total. The van der Waals surface area contributed by atoms with Gasteiger partial charge in [0.1, 0.15) is 0 Å². The average molecular weight is 233 g/mol. The van der Waals surface area contributed by atoms with Crippen molar-refractivity contribution >= 4 is 0 Å². The lowest BCUT2D eigenvalue weighted by molar-refractivity contribution is 0.438. The Labute approximate surface area is 107 Å². The summed E-state index contributed by atoms with van der Waals surface area (Å²) in [5.41, 5.74) is 2.83. The largest absolute Gasteiger partial charge is 0.319 e. The van der Waals surface area contributed by atoms with E-state index in [0.29, 0.717) is 0 Å². The molecule has 0 aliphatic heterocycles. The van der Waals surface area contributed by atoms with Gasteiger partial charge in [0, 0.05) is 0 Å². The van der Waals surface area contributed by atoms with Crippen LogP contribution in [0, 0.1) is 12.8 Å². The highest BCUT2D eigenvalue weighted by Crippen LogP contribution is 2.16. The minimum Gasteiger partial charge on any atom is -0.319 e. The predicted octanol–water partition coefficient (Wildman–Crippen LogP) is 3.95. The van der Waals surface area contributed by atoms with E-state index in [-0.39, 0.29) is 0 Å². The molecule has 0 fully saturated rings. The molecule has 0 heterocycles. The van der Waals surface area contributed by atoms with Gasteiger partial charge in [0.05, 0.1) is 0 Å². The monoisotopic (exact) mass is 233 g/mol. The molecule has 1 aromatic rings. The highest BCUT2D eigenvalue weighted by Gasteiger charge is 2.08. The topological polar surface area (TPSA) is 12.0 Å². The van der Waals surface area contributed by atoms with Gasteiger partial charge < -0.3 is 5.32 Å². The van der Waals surface area contributed by atoms with Crippen LogP contribution in [0.3, 0.4) is 0 Å². The molecule has 1 rings (SSSR count). The second-order valence-corrected chi connectivity index (χ2v) is 5.11. The maximum absolute atomic E-state index is 3.33. The SMILES string of the molecule is CCCCCC(CNC)Cc1ccc(C)cc1. The molecule has 0 spiro atoms. The Morgan fingerprint density at radius 1 is 1.12 bits per heavy atom. The third kappa shape index (κ3) is 5.88. The maximum atomic E-state index is 3.33. The fourth-order valence-corrected chi connectivity index (χ4v) is 2.31. The van der Waals surface area contributed by atoms with Crippen molar-refractivity contribution in [1.82, 2.24) is 5.32 Å². The Morgan fingerprint density at radius 3 is 2.41 bits per heavy atom. The smallest absolute Gasteiger partial charge is 0.00203 e. The van der Waals surface area contributed by atoms with Crippen molar-refractivity contribution in [2.75, 3.05) is 13.6 Å². The number of hydrogen-bond acceptors (Lipinski definition) is 1. The van der Waals surface area contributed by atoms with Gasteiger partial charge in [0.15, 0.2) is 0 Å². The van der Waals surface area contributed by atoms with E-state index in [2.05, 4.69) is 50.5 Å². The normalized spacial score (nSPS) is 12.6. The van der Waals surface area contributed by atoms with E-state index in [1.165, 1.54) is 43.2 Å². The molecule has 1 atom stereocenters. The molecule has 0 aliphatic rings. The molecule has 17 heavy (non-hydrogen) atoms. The lowest BCUT2D eigenvalue weighted by Crippen LogP contribution is -2.20. The zero-order valence-electron chi connectivity index (χ0n) is 11.6. The van der Waals surface area contributed by atoms with Crippen LogP contribution in [0.4, 0.5) is 0 Å². The number of aryl methyl sites for hydroxylation is 1. The van der Waals surface area contributed by atoms with Crippen LogP contribution in [-0.2, 0) is 6.42 Å². The first-order valence-corrected chi connectivity index (χ1v) is 6.96. The molecule has 1 unspecified atom stereocenters. The standard InChI is InChI=1S/C16H27N/c1-4-5-6-7-16(13-17-3)12-15-10-8-14(2)9-11-15/h8-11,16-17H,4-7,12-13H2,1-3H3. The van der Waals surface area contributed by atoms with Crippen molar-refractivity contribution in [3.05, 3.63) is 35.4 Å². The van der Waals surface area contributed by atoms with Crippen molar-refractivity contribution in [1.29, 1.82) is 0 Å². The van der Waals surface area contributed by atoms with Gasteiger partial charge in [-0.1, -0.05) is 56.0 Å².